The Morgan fingerprint density at radius 1 is 1.15 bits per heavy atom. The number of hydrogen-bond acceptors (Lipinski definition) is 4. The van der Waals surface area contributed by atoms with Gasteiger partial charge in [-0.2, -0.15) is 0 Å². The van der Waals surface area contributed by atoms with Gasteiger partial charge in [-0.1, -0.05) is 12.8 Å². The third-order valence-electron chi connectivity index (χ3n) is 5.05. The summed E-state index contributed by atoms with van der Waals surface area (Å²) in [6.07, 6.45) is 9.02. The highest BCUT2D eigenvalue weighted by atomic mass is 32.1. The van der Waals surface area contributed by atoms with E-state index in [1.165, 1.54) is 12.8 Å². The van der Waals surface area contributed by atoms with Crippen molar-refractivity contribution in [2.45, 2.75) is 38.1 Å². The third kappa shape index (κ3) is 4.71. The lowest BCUT2D eigenvalue weighted by Gasteiger charge is -2.30. The second-order valence-electron chi connectivity index (χ2n) is 6.81. The lowest BCUT2D eigenvalue weighted by atomic mass is 10.1. The van der Waals surface area contributed by atoms with E-state index in [2.05, 4.69) is 5.32 Å². The Kier molecular flexibility index (Phi) is 6.55. The smallest absolute Gasteiger partial charge is 0.265 e. The van der Waals surface area contributed by atoms with E-state index in [4.69, 9.17) is 21.7 Å². The van der Waals surface area contributed by atoms with Gasteiger partial charge in [-0.3, -0.25) is 9.80 Å². The highest BCUT2D eigenvalue weighted by Crippen LogP contribution is 2.25. The molecule has 1 aliphatic carbocycles. The van der Waals surface area contributed by atoms with Gasteiger partial charge in [-0.25, -0.2) is 5.01 Å². The summed E-state index contributed by atoms with van der Waals surface area (Å²) in [5.41, 5.74) is 0.794. The fourth-order valence-corrected chi connectivity index (χ4v) is 3.94. The summed E-state index contributed by atoms with van der Waals surface area (Å²) in [6.45, 7) is 1.44. The molecule has 0 radical (unpaired) electrons. The van der Waals surface area contributed by atoms with Crippen LogP contribution in [-0.2, 0) is 4.79 Å². The largest absolute Gasteiger partial charge is 0.497 e. The first kappa shape index (κ1) is 19.5. The van der Waals surface area contributed by atoms with Crippen molar-refractivity contribution < 1.29 is 14.3 Å². The zero-order chi connectivity index (χ0) is 19.2. The van der Waals surface area contributed by atoms with Crippen LogP contribution in [-0.4, -0.2) is 54.4 Å². The van der Waals surface area contributed by atoms with Crippen LogP contribution >= 0.6 is 12.2 Å². The van der Waals surface area contributed by atoms with E-state index in [0.717, 1.165) is 31.4 Å². The molecule has 1 aromatic rings. The number of nitrogens with one attached hydrogen (secondary N) is 1. The fourth-order valence-electron chi connectivity index (χ4n) is 3.59. The molecule has 1 saturated heterocycles. The van der Waals surface area contributed by atoms with Gasteiger partial charge in [0.2, 0.25) is 0 Å². The Hall–Kier alpha value is -2.28. The molecule has 146 valence electrons. The minimum Gasteiger partial charge on any atom is -0.497 e. The van der Waals surface area contributed by atoms with Crippen molar-refractivity contribution in [1.29, 1.82) is 0 Å². The molecule has 1 amide bonds. The summed E-state index contributed by atoms with van der Waals surface area (Å²) < 4.78 is 10.6. The normalized spacial score (nSPS) is 17.6. The van der Waals surface area contributed by atoms with E-state index in [1.54, 1.807) is 31.4 Å². The number of ether oxygens (including phenoxy) is 2. The Labute approximate surface area is 166 Å². The summed E-state index contributed by atoms with van der Waals surface area (Å²) in [5, 5.41) is 7.68. The minimum absolute atomic E-state index is 0.0899. The number of amides is 1. The number of carbonyl (C=O) groups excluding carboxylic acids is 1. The first-order chi connectivity index (χ1) is 13.1. The van der Waals surface area contributed by atoms with Gasteiger partial charge in [-0.15, -0.1) is 0 Å². The maximum Gasteiger partial charge on any atom is 0.265 e. The second kappa shape index (κ2) is 9.08. The first-order valence-corrected chi connectivity index (χ1v) is 9.82. The van der Waals surface area contributed by atoms with Crippen LogP contribution in [0.15, 0.2) is 24.3 Å². The Morgan fingerprint density at radius 2 is 1.89 bits per heavy atom. The van der Waals surface area contributed by atoms with E-state index < -0.39 is 0 Å². The van der Waals surface area contributed by atoms with Crippen molar-refractivity contribution >= 4 is 29.3 Å². The molecule has 1 saturated carbocycles. The van der Waals surface area contributed by atoms with Crippen LogP contribution in [0.4, 0.5) is 0 Å². The number of methoxy groups -OCH3 is 2. The topological polar surface area (TPSA) is 54.0 Å². The minimum atomic E-state index is -0.0899. The highest BCUT2D eigenvalue weighted by Gasteiger charge is 2.29. The first-order valence-electron chi connectivity index (χ1n) is 9.42. The van der Waals surface area contributed by atoms with E-state index in [-0.39, 0.29) is 5.91 Å². The van der Waals surface area contributed by atoms with E-state index in [1.807, 2.05) is 23.2 Å². The lowest BCUT2D eigenvalue weighted by molar-refractivity contribution is -0.133. The van der Waals surface area contributed by atoms with Crippen LogP contribution in [0.1, 0.15) is 37.7 Å². The predicted molar refractivity (Wildman–Crippen MR) is 110 cm³/mol. The SMILES string of the molecule is COc1ccc(OC)c(C=CC(=O)N2CCCN2C(=S)NC2CCCC2)c1. The lowest BCUT2D eigenvalue weighted by Crippen LogP contribution is -2.50. The molecule has 1 N–H and O–H groups in total. The number of thiocarbonyl (C=S) groups is 1. The van der Waals surface area contributed by atoms with Gasteiger partial charge in [0, 0.05) is 30.8 Å². The van der Waals surface area contributed by atoms with E-state index >= 15 is 0 Å². The van der Waals surface area contributed by atoms with E-state index in [9.17, 15) is 4.79 Å². The number of rotatable bonds is 5. The van der Waals surface area contributed by atoms with Crippen LogP contribution in [0.5, 0.6) is 11.5 Å². The number of hydrazine groups is 1. The predicted octanol–water partition coefficient (Wildman–Crippen LogP) is 2.98. The zero-order valence-corrected chi connectivity index (χ0v) is 16.8. The summed E-state index contributed by atoms with van der Waals surface area (Å²) in [4.78, 5) is 12.8. The van der Waals surface area contributed by atoms with Crippen molar-refractivity contribution in [1.82, 2.24) is 15.3 Å². The maximum atomic E-state index is 12.8. The molecule has 1 heterocycles. The monoisotopic (exact) mass is 389 g/mol. The summed E-state index contributed by atoms with van der Waals surface area (Å²) in [7, 11) is 3.22. The Balaban J connectivity index is 1.67. The molecule has 27 heavy (non-hydrogen) atoms. The van der Waals surface area contributed by atoms with Gasteiger partial charge in [0.05, 0.1) is 14.2 Å². The van der Waals surface area contributed by atoms with Crippen molar-refractivity contribution in [2.24, 2.45) is 0 Å². The molecule has 2 fully saturated rings. The number of carbonyl (C=O) groups is 1. The molecule has 0 bridgehead atoms. The zero-order valence-electron chi connectivity index (χ0n) is 15.9. The third-order valence-corrected chi connectivity index (χ3v) is 5.37. The van der Waals surface area contributed by atoms with Crippen LogP contribution in [0, 0.1) is 0 Å². The molecule has 1 aromatic carbocycles. The summed E-state index contributed by atoms with van der Waals surface area (Å²) in [5.74, 6) is 1.32. The molecule has 2 aliphatic rings. The van der Waals surface area contributed by atoms with Crippen molar-refractivity contribution in [3.8, 4) is 11.5 Å². The number of benzene rings is 1. The van der Waals surface area contributed by atoms with Gasteiger partial charge >= 0.3 is 0 Å². The molecule has 0 unspecified atom stereocenters. The maximum absolute atomic E-state index is 12.8. The van der Waals surface area contributed by atoms with Gasteiger partial charge in [0.25, 0.3) is 5.91 Å². The molecular weight excluding hydrogens is 362 g/mol. The fraction of sp³-hybridized carbons (Fsp3) is 0.500. The van der Waals surface area contributed by atoms with Crippen LogP contribution in [0.3, 0.4) is 0 Å². The summed E-state index contributed by atoms with van der Waals surface area (Å²) in [6, 6.07) is 5.93. The molecule has 7 heteroatoms. The molecule has 0 spiro atoms. The quantitative estimate of drug-likeness (QED) is 0.617. The molecule has 0 aromatic heterocycles. The van der Waals surface area contributed by atoms with Gasteiger partial charge < -0.3 is 14.8 Å². The average molecular weight is 390 g/mol. The highest BCUT2D eigenvalue weighted by molar-refractivity contribution is 7.80. The average Bonchev–Trinajstić information content (AvgIpc) is 3.37. The standard InChI is InChI=1S/C20H27N3O3S/c1-25-17-9-10-18(26-2)15(14-17)8-11-19(24)22-12-5-13-23(22)20(27)21-16-6-3-4-7-16/h8-11,14,16H,3-7,12-13H2,1-2H3,(H,21,27). The number of hydrogen-bond donors (Lipinski definition) is 1. The van der Waals surface area contributed by atoms with Crippen molar-refractivity contribution in [3.63, 3.8) is 0 Å². The van der Waals surface area contributed by atoms with Crippen LogP contribution in [0.2, 0.25) is 0 Å². The molecule has 3 rings (SSSR count). The van der Waals surface area contributed by atoms with Crippen LogP contribution in [0.25, 0.3) is 6.08 Å². The molecular formula is C20H27N3O3S. The molecule has 6 nitrogen and oxygen atoms in total. The van der Waals surface area contributed by atoms with Crippen molar-refractivity contribution in [2.75, 3.05) is 27.3 Å². The Bertz CT molecular complexity index is 716. The second-order valence-corrected chi connectivity index (χ2v) is 7.20. The van der Waals surface area contributed by atoms with Gasteiger partial charge in [0.15, 0.2) is 5.11 Å². The van der Waals surface area contributed by atoms with E-state index in [0.29, 0.717) is 29.2 Å². The molecule has 0 atom stereocenters. The van der Waals surface area contributed by atoms with Gasteiger partial charge in [0.1, 0.15) is 11.5 Å². The van der Waals surface area contributed by atoms with Crippen molar-refractivity contribution in [3.05, 3.63) is 29.8 Å². The number of nitrogens with zero attached hydrogens (tertiary/aromatic N) is 2. The Morgan fingerprint density at radius 3 is 2.59 bits per heavy atom. The molecule has 1 aliphatic heterocycles. The van der Waals surface area contributed by atoms with Crippen LogP contribution < -0.4 is 14.8 Å². The summed E-state index contributed by atoms with van der Waals surface area (Å²) >= 11 is 5.56. The van der Waals surface area contributed by atoms with Gasteiger partial charge in [-0.05, 0) is 55.8 Å².